The molecule has 3 heterocycles. The van der Waals surface area contributed by atoms with Crippen molar-refractivity contribution in [2.24, 2.45) is 7.05 Å². The summed E-state index contributed by atoms with van der Waals surface area (Å²) >= 11 is 0. The van der Waals surface area contributed by atoms with E-state index in [1.165, 1.54) is 6.26 Å². The van der Waals surface area contributed by atoms with Gasteiger partial charge in [0.25, 0.3) is 11.9 Å². The second-order valence-electron chi connectivity index (χ2n) is 7.43. The van der Waals surface area contributed by atoms with E-state index in [0.29, 0.717) is 31.4 Å². The second-order valence-corrected chi connectivity index (χ2v) is 7.43. The summed E-state index contributed by atoms with van der Waals surface area (Å²) in [5.41, 5.74) is 3.11. The molecule has 2 fully saturated rings. The molecule has 1 saturated carbocycles. The lowest BCUT2D eigenvalue weighted by Crippen LogP contribution is -2.21. The van der Waals surface area contributed by atoms with E-state index in [0.717, 1.165) is 35.0 Å². The minimum Gasteiger partial charge on any atom is -0.431 e. The van der Waals surface area contributed by atoms with Crippen LogP contribution in [0.1, 0.15) is 41.2 Å². The van der Waals surface area contributed by atoms with Crippen LogP contribution >= 0.6 is 0 Å². The molecule has 0 radical (unpaired) electrons. The first-order valence-electron chi connectivity index (χ1n) is 9.24. The van der Waals surface area contributed by atoms with Gasteiger partial charge in [0.2, 0.25) is 0 Å². The van der Waals surface area contributed by atoms with Crippen LogP contribution in [-0.4, -0.2) is 45.0 Å². The van der Waals surface area contributed by atoms with Crippen molar-refractivity contribution >= 4 is 28.5 Å². The molecular formula is C19H21N5O3. The summed E-state index contributed by atoms with van der Waals surface area (Å²) in [6.45, 7) is 1.15. The number of β-amino-alcohol motifs (C(OH)–C–C–N with tert-alkyl or cyclic N) is 1. The van der Waals surface area contributed by atoms with E-state index < -0.39 is 0 Å². The van der Waals surface area contributed by atoms with Crippen molar-refractivity contribution in [2.75, 3.05) is 23.3 Å². The molecule has 27 heavy (non-hydrogen) atoms. The van der Waals surface area contributed by atoms with E-state index in [-0.39, 0.29) is 17.7 Å². The first-order chi connectivity index (χ1) is 13.1. The van der Waals surface area contributed by atoms with Gasteiger partial charge in [-0.05, 0) is 42.9 Å². The number of oxazole rings is 1. The Morgan fingerprint density at radius 2 is 2.19 bits per heavy atom. The summed E-state index contributed by atoms with van der Waals surface area (Å²) in [6, 6.07) is 4.43. The maximum atomic E-state index is 12.7. The second kappa shape index (κ2) is 6.09. The van der Waals surface area contributed by atoms with Gasteiger partial charge in [-0.3, -0.25) is 9.48 Å². The Bertz CT molecular complexity index is 1020. The first-order valence-corrected chi connectivity index (χ1v) is 9.24. The Labute approximate surface area is 155 Å². The molecule has 1 amide bonds. The number of anilines is 2. The zero-order chi connectivity index (χ0) is 18.5. The third-order valence-corrected chi connectivity index (χ3v) is 5.21. The number of carbonyl (C=O) groups is 1. The fraction of sp³-hybridized carbons (Fsp3) is 0.421. The largest absolute Gasteiger partial charge is 0.431 e. The Balaban J connectivity index is 1.40. The molecule has 8 nitrogen and oxygen atoms in total. The molecule has 0 spiro atoms. The van der Waals surface area contributed by atoms with Crippen LogP contribution in [0.15, 0.2) is 29.0 Å². The van der Waals surface area contributed by atoms with E-state index in [9.17, 15) is 9.90 Å². The molecule has 3 aromatic rings. The number of hydrogen-bond donors (Lipinski definition) is 2. The molecule has 1 saturated heterocycles. The Hall–Kier alpha value is -2.87. The number of carbonyl (C=O) groups excluding carboxylic acids is 1. The Kier molecular flexibility index (Phi) is 3.68. The SMILES string of the molecule is Cn1cc2cc(NC(=O)c3coc(N4CCC(O)C4)n3)c(C3CC3)cc2n1. The highest BCUT2D eigenvalue weighted by Gasteiger charge is 2.29. The van der Waals surface area contributed by atoms with E-state index >= 15 is 0 Å². The highest BCUT2D eigenvalue weighted by atomic mass is 16.4. The summed E-state index contributed by atoms with van der Waals surface area (Å²) in [5, 5.41) is 18.1. The van der Waals surface area contributed by atoms with Gasteiger partial charge in [-0.15, -0.1) is 0 Å². The van der Waals surface area contributed by atoms with Crippen molar-refractivity contribution in [1.29, 1.82) is 0 Å². The highest BCUT2D eigenvalue weighted by Crippen LogP contribution is 2.44. The van der Waals surface area contributed by atoms with Gasteiger partial charge in [0.05, 0.1) is 11.6 Å². The van der Waals surface area contributed by atoms with Crippen LogP contribution in [0, 0.1) is 0 Å². The number of aryl methyl sites for hydroxylation is 1. The van der Waals surface area contributed by atoms with Gasteiger partial charge in [0, 0.05) is 37.4 Å². The molecule has 2 aromatic heterocycles. The number of hydrogen-bond acceptors (Lipinski definition) is 6. The summed E-state index contributed by atoms with van der Waals surface area (Å²) in [5.74, 6) is 0.181. The number of aromatic nitrogens is 3. The quantitative estimate of drug-likeness (QED) is 0.734. The normalized spacial score (nSPS) is 19.8. The number of nitrogens with zero attached hydrogens (tertiary/aromatic N) is 4. The van der Waals surface area contributed by atoms with Gasteiger partial charge in [0.1, 0.15) is 6.26 Å². The van der Waals surface area contributed by atoms with E-state index in [1.54, 1.807) is 4.68 Å². The molecule has 5 rings (SSSR count). The fourth-order valence-corrected chi connectivity index (χ4v) is 3.67. The highest BCUT2D eigenvalue weighted by molar-refractivity contribution is 6.04. The molecule has 140 valence electrons. The van der Waals surface area contributed by atoms with Crippen molar-refractivity contribution in [2.45, 2.75) is 31.3 Å². The van der Waals surface area contributed by atoms with Crippen molar-refractivity contribution < 1.29 is 14.3 Å². The van der Waals surface area contributed by atoms with Crippen LogP contribution in [0.3, 0.4) is 0 Å². The Morgan fingerprint density at radius 1 is 1.33 bits per heavy atom. The molecule has 1 aliphatic heterocycles. The van der Waals surface area contributed by atoms with Gasteiger partial charge in [-0.25, -0.2) is 0 Å². The molecule has 1 aliphatic carbocycles. The summed E-state index contributed by atoms with van der Waals surface area (Å²) in [6.07, 6.45) is 5.88. The van der Waals surface area contributed by atoms with Crippen molar-refractivity contribution in [3.63, 3.8) is 0 Å². The van der Waals surface area contributed by atoms with Gasteiger partial charge < -0.3 is 19.7 Å². The fourth-order valence-electron chi connectivity index (χ4n) is 3.67. The summed E-state index contributed by atoms with van der Waals surface area (Å²) in [4.78, 5) is 18.9. The smallest absolute Gasteiger partial charge is 0.298 e. The number of aliphatic hydroxyl groups excluding tert-OH is 1. The monoisotopic (exact) mass is 367 g/mol. The lowest BCUT2D eigenvalue weighted by atomic mass is 10.1. The minimum atomic E-state index is -0.374. The number of benzene rings is 1. The van der Waals surface area contributed by atoms with Crippen LogP contribution < -0.4 is 10.2 Å². The van der Waals surface area contributed by atoms with Crippen molar-refractivity contribution in [3.05, 3.63) is 35.9 Å². The molecule has 2 N–H and O–H groups in total. The summed E-state index contributed by atoms with van der Waals surface area (Å²) < 4.78 is 7.23. The molecular weight excluding hydrogens is 346 g/mol. The standard InChI is InChI=1S/C19H21N5O3/c1-23-8-12-6-16(14(11-2-3-11)7-15(12)22-23)20-18(26)17-10-27-19(21-17)24-5-4-13(25)9-24/h6-8,10-11,13,25H,2-5,9H2,1H3,(H,20,26). The van der Waals surface area contributed by atoms with E-state index in [2.05, 4.69) is 21.5 Å². The van der Waals surface area contributed by atoms with Gasteiger partial charge in [0.15, 0.2) is 5.69 Å². The number of nitrogens with one attached hydrogen (secondary N) is 1. The van der Waals surface area contributed by atoms with Crippen LogP contribution in [0.2, 0.25) is 0 Å². The predicted molar refractivity (Wildman–Crippen MR) is 100.0 cm³/mol. The topological polar surface area (TPSA) is 96.4 Å². The zero-order valence-electron chi connectivity index (χ0n) is 15.1. The lowest BCUT2D eigenvalue weighted by Gasteiger charge is -2.11. The van der Waals surface area contributed by atoms with E-state index in [1.807, 2.05) is 24.2 Å². The van der Waals surface area contributed by atoms with Crippen LogP contribution in [0.5, 0.6) is 0 Å². The van der Waals surface area contributed by atoms with Crippen LogP contribution in [0.25, 0.3) is 10.9 Å². The van der Waals surface area contributed by atoms with E-state index in [4.69, 9.17) is 4.42 Å². The third kappa shape index (κ3) is 3.06. The number of aliphatic hydroxyl groups is 1. The van der Waals surface area contributed by atoms with Crippen molar-refractivity contribution in [1.82, 2.24) is 14.8 Å². The summed E-state index contributed by atoms with van der Waals surface area (Å²) in [7, 11) is 1.89. The van der Waals surface area contributed by atoms with Crippen LogP contribution in [-0.2, 0) is 7.05 Å². The number of rotatable bonds is 4. The average molecular weight is 367 g/mol. The zero-order valence-corrected chi connectivity index (χ0v) is 15.1. The maximum Gasteiger partial charge on any atom is 0.298 e. The maximum absolute atomic E-state index is 12.7. The molecule has 1 unspecified atom stereocenters. The van der Waals surface area contributed by atoms with Crippen LogP contribution in [0.4, 0.5) is 11.7 Å². The number of fused-ring (bicyclic) bond motifs is 1. The molecule has 1 atom stereocenters. The molecule has 1 aromatic carbocycles. The predicted octanol–water partition coefficient (Wildman–Crippen LogP) is 2.26. The van der Waals surface area contributed by atoms with Gasteiger partial charge in [-0.1, -0.05) is 0 Å². The van der Waals surface area contributed by atoms with Gasteiger partial charge >= 0.3 is 0 Å². The minimum absolute atomic E-state index is 0.236. The molecule has 0 bridgehead atoms. The average Bonchev–Trinajstić information content (AvgIpc) is 3.03. The third-order valence-electron chi connectivity index (χ3n) is 5.21. The Morgan fingerprint density at radius 3 is 2.93 bits per heavy atom. The molecule has 8 heteroatoms. The van der Waals surface area contributed by atoms with Crippen molar-refractivity contribution in [3.8, 4) is 0 Å². The van der Waals surface area contributed by atoms with Gasteiger partial charge in [-0.2, -0.15) is 10.1 Å². The molecule has 2 aliphatic rings. The first kappa shape index (κ1) is 16.3. The lowest BCUT2D eigenvalue weighted by molar-refractivity contribution is 0.102. The number of amides is 1.